The Labute approximate surface area is 111 Å². The highest BCUT2D eigenvalue weighted by atomic mass is 32.2. The fraction of sp³-hybridized carbons (Fsp3) is 0.125. The fourth-order valence-corrected chi connectivity index (χ4v) is 2.85. The molecule has 0 saturated heterocycles. The lowest BCUT2D eigenvalue weighted by atomic mass is 10.2. The fourth-order valence-electron chi connectivity index (χ4n) is 1.67. The van der Waals surface area contributed by atoms with Gasteiger partial charge in [0.1, 0.15) is 17.8 Å². The number of hydrogen-bond donors (Lipinski definition) is 1. The van der Waals surface area contributed by atoms with Crippen LogP contribution in [0, 0.1) is 0 Å². The van der Waals surface area contributed by atoms with E-state index >= 15 is 0 Å². The number of aromatic hydroxyl groups is 1. The average Bonchev–Trinajstić information content (AvgIpc) is 2.40. The third-order valence-electron chi connectivity index (χ3n) is 2.70. The summed E-state index contributed by atoms with van der Waals surface area (Å²) < 4.78 is 0. The first-order chi connectivity index (χ1) is 8.75. The van der Waals surface area contributed by atoms with Gasteiger partial charge in [-0.2, -0.15) is 0 Å². The molecule has 2 aromatic carbocycles. The maximum absolute atomic E-state index is 9.25. The van der Waals surface area contributed by atoms with Crippen LogP contribution in [0.5, 0.6) is 5.75 Å². The summed E-state index contributed by atoms with van der Waals surface area (Å²) in [5.41, 5.74) is 1.24. The van der Waals surface area contributed by atoms with Gasteiger partial charge in [-0.15, -0.1) is 0 Å². The van der Waals surface area contributed by atoms with Gasteiger partial charge in [-0.25, -0.2) is 0 Å². The Hall–Kier alpha value is -1.67. The van der Waals surface area contributed by atoms with Gasteiger partial charge in [-0.05, 0) is 35.9 Å². The van der Waals surface area contributed by atoms with Gasteiger partial charge in [0.15, 0.2) is 4.90 Å². The molecule has 1 N–H and O–H groups in total. The molecule has 0 aliphatic heterocycles. The molecule has 92 valence electrons. The molecule has 0 aliphatic rings. The first-order valence-electron chi connectivity index (χ1n) is 5.89. The maximum atomic E-state index is 9.25. The van der Waals surface area contributed by atoms with Crippen LogP contribution in [0.1, 0.15) is 5.56 Å². The Morgan fingerprint density at radius 3 is 2.33 bits per heavy atom. The number of phenolic OH excluding ortho intramolecular Hbond substituents is 1. The lowest BCUT2D eigenvalue weighted by Gasteiger charge is -2.00. The van der Waals surface area contributed by atoms with Crippen molar-refractivity contribution in [3.05, 3.63) is 66.2 Å². The third kappa shape index (κ3) is 3.67. The number of hydrogen-bond acceptors (Lipinski definition) is 1. The largest absolute Gasteiger partial charge is 0.508 e. The zero-order chi connectivity index (χ0) is 12.8. The van der Waals surface area contributed by atoms with Crippen LogP contribution in [-0.4, -0.2) is 17.1 Å². The number of phenols is 1. The predicted octanol–water partition coefficient (Wildman–Crippen LogP) is 3.71. The van der Waals surface area contributed by atoms with Crippen molar-refractivity contribution in [1.29, 1.82) is 0 Å². The van der Waals surface area contributed by atoms with E-state index in [1.54, 1.807) is 12.1 Å². The summed E-state index contributed by atoms with van der Waals surface area (Å²) in [5, 5.41) is 9.25. The van der Waals surface area contributed by atoms with Crippen LogP contribution < -0.4 is 0 Å². The number of benzene rings is 2. The smallest absolute Gasteiger partial charge is 0.155 e. The van der Waals surface area contributed by atoms with Gasteiger partial charge in [0.2, 0.25) is 0 Å². The molecular weight excluding hydrogens is 240 g/mol. The highest BCUT2D eigenvalue weighted by Gasteiger charge is 2.12. The van der Waals surface area contributed by atoms with Gasteiger partial charge < -0.3 is 5.11 Å². The summed E-state index contributed by atoms with van der Waals surface area (Å²) in [5.74, 6) is 1.36. The second-order valence-corrected chi connectivity index (χ2v) is 6.19. The van der Waals surface area contributed by atoms with Crippen LogP contribution in [0.2, 0.25) is 0 Å². The molecule has 2 rings (SSSR count). The summed E-state index contributed by atoms with van der Waals surface area (Å²) in [6, 6.07) is 17.8. The molecule has 0 heterocycles. The predicted molar refractivity (Wildman–Crippen MR) is 80.0 cm³/mol. The molecule has 1 nitrogen and oxygen atoms in total. The van der Waals surface area contributed by atoms with E-state index < -0.39 is 0 Å². The zero-order valence-corrected chi connectivity index (χ0v) is 11.2. The Morgan fingerprint density at radius 1 is 1.00 bits per heavy atom. The summed E-state index contributed by atoms with van der Waals surface area (Å²) in [6.45, 7) is 0. The van der Waals surface area contributed by atoms with Crippen LogP contribution in [0.4, 0.5) is 0 Å². The van der Waals surface area contributed by atoms with Gasteiger partial charge in [-0.1, -0.05) is 36.4 Å². The van der Waals surface area contributed by atoms with Crippen LogP contribution in [-0.2, 0) is 10.9 Å². The van der Waals surface area contributed by atoms with E-state index in [2.05, 4.69) is 30.5 Å². The normalized spacial score (nSPS) is 12.7. The first-order valence-corrected chi connectivity index (χ1v) is 7.69. The molecule has 0 aliphatic carbocycles. The van der Waals surface area contributed by atoms with Crippen LogP contribution >= 0.6 is 0 Å². The van der Waals surface area contributed by atoms with Gasteiger partial charge >= 0.3 is 0 Å². The molecule has 1 atom stereocenters. The van der Waals surface area contributed by atoms with E-state index in [9.17, 15) is 5.11 Å². The topological polar surface area (TPSA) is 20.2 Å². The molecule has 1 unspecified atom stereocenters. The molecule has 0 aromatic heterocycles. The van der Waals surface area contributed by atoms with Crippen molar-refractivity contribution in [3.8, 4) is 5.75 Å². The minimum absolute atomic E-state index is 0.187. The monoisotopic (exact) mass is 257 g/mol. The van der Waals surface area contributed by atoms with Crippen molar-refractivity contribution >= 4 is 17.0 Å². The molecule has 0 spiro atoms. The average molecular weight is 257 g/mol. The highest BCUT2D eigenvalue weighted by molar-refractivity contribution is 7.96. The van der Waals surface area contributed by atoms with Gasteiger partial charge in [0.05, 0.1) is 0 Å². The molecule has 0 fully saturated rings. The van der Waals surface area contributed by atoms with Crippen LogP contribution in [0.25, 0.3) is 6.08 Å². The molecule has 2 aromatic rings. The highest BCUT2D eigenvalue weighted by Crippen LogP contribution is 2.16. The minimum Gasteiger partial charge on any atom is -0.508 e. The molecule has 18 heavy (non-hydrogen) atoms. The van der Waals surface area contributed by atoms with Gasteiger partial charge in [0.25, 0.3) is 0 Å². The quantitative estimate of drug-likeness (QED) is 0.828. The van der Waals surface area contributed by atoms with Gasteiger partial charge in [0, 0.05) is 10.9 Å². The first kappa shape index (κ1) is 12.8. The molecule has 2 heteroatoms. The summed E-state index contributed by atoms with van der Waals surface area (Å²) in [7, 11) is 0.187. The number of rotatable bonds is 4. The molecule has 0 saturated carbocycles. The second kappa shape index (κ2) is 6.31. The van der Waals surface area contributed by atoms with E-state index in [1.165, 1.54) is 10.5 Å². The third-order valence-corrected chi connectivity index (χ3v) is 4.46. The lowest BCUT2D eigenvalue weighted by molar-refractivity contribution is 0.475. The lowest BCUT2D eigenvalue weighted by Crippen LogP contribution is -2.02. The maximum Gasteiger partial charge on any atom is 0.155 e. The summed E-state index contributed by atoms with van der Waals surface area (Å²) in [6.07, 6.45) is 6.59. The standard InChI is InChI=1S/C16H16OS/c1-18(16-11-9-15(17)10-12-16)13-5-8-14-6-3-2-4-7-14/h2-12H,13H2,1H3/p+1. The molecule has 0 amide bonds. The summed E-state index contributed by atoms with van der Waals surface area (Å²) >= 11 is 0. The van der Waals surface area contributed by atoms with E-state index in [4.69, 9.17) is 0 Å². The van der Waals surface area contributed by atoms with E-state index in [-0.39, 0.29) is 10.9 Å². The van der Waals surface area contributed by atoms with Crippen LogP contribution in [0.15, 0.2) is 65.6 Å². The Morgan fingerprint density at radius 2 is 1.67 bits per heavy atom. The second-order valence-electron chi connectivity index (χ2n) is 4.11. The van der Waals surface area contributed by atoms with Crippen molar-refractivity contribution in [1.82, 2.24) is 0 Å². The molecule has 0 radical (unpaired) electrons. The Bertz CT molecular complexity index is 502. The van der Waals surface area contributed by atoms with Gasteiger partial charge in [-0.3, -0.25) is 0 Å². The van der Waals surface area contributed by atoms with Crippen molar-refractivity contribution in [3.63, 3.8) is 0 Å². The van der Waals surface area contributed by atoms with Crippen molar-refractivity contribution in [2.75, 3.05) is 12.0 Å². The molecular formula is C16H17OS+. The van der Waals surface area contributed by atoms with Crippen molar-refractivity contribution < 1.29 is 5.11 Å². The van der Waals surface area contributed by atoms with Crippen molar-refractivity contribution in [2.45, 2.75) is 4.90 Å². The van der Waals surface area contributed by atoms with E-state index in [0.29, 0.717) is 5.75 Å². The molecule has 0 bridgehead atoms. The SMILES string of the molecule is C[S+](CC=Cc1ccccc1)c1ccc(O)cc1. The van der Waals surface area contributed by atoms with E-state index in [0.717, 1.165) is 5.75 Å². The van der Waals surface area contributed by atoms with Crippen molar-refractivity contribution in [2.24, 2.45) is 0 Å². The summed E-state index contributed by atoms with van der Waals surface area (Å²) in [4.78, 5) is 1.28. The van der Waals surface area contributed by atoms with Crippen LogP contribution in [0.3, 0.4) is 0 Å². The Balaban J connectivity index is 1.94. The Kier molecular flexibility index (Phi) is 4.48. The zero-order valence-electron chi connectivity index (χ0n) is 10.4. The minimum atomic E-state index is 0.187. The van der Waals surface area contributed by atoms with E-state index in [1.807, 2.05) is 30.3 Å².